The van der Waals surface area contributed by atoms with Gasteiger partial charge in [0.1, 0.15) is 0 Å². The van der Waals surface area contributed by atoms with E-state index in [0.717, 1.165) is 43.6 Å². The maximum atomic E-state index is 8.49. The molecule has 0 spiro atoms. The van der Waals surface area contributed by atoms with Crippen molar-refractivity contribution in [2.75, 3.05) is 0 Å². The predicted octanol–water partition coefficient (Wildman–Crippen LogP) is 2.98. The second kappa shape index (κ2) is 29.9. The molecule has 0 N–H and O–H groups in total. The normalized spacial score (nSPS) is 10.8. The maximum absolute atomic E-state index is 8.49. The van der Waals surface area contributed by atoms with Gasteiger partial charge in [0.25, 0.3) is 0 Å². The number of nitrogens with zero attached hydrogens (tertiary/aromatic N) is 4. The zero-order valence-electron chi connectivity index (χ0n) is 37.9. The van der Waals surface area contributed by atoms with Crippen molar-refractivity contribution in [3.8, 4) is 0 Å². The minimum absolute atomic E-state index is 0. The Morgan fingerprint density at radius 2 is 0.465 bits per heavy atom. The topological polar surface area (TPSA) is 236 Å². The van der Waals surface area contributed by atoms with Crippen molar-refractivity contribution in [3.63, 3.8) is 0 Å². The first-order chi connectivity index (χ1) is 32.3. The average Bonchev–Trinajstić information content (AvgIpc) is 3.34. The molecule has 10 rings (SSSR count). The molecule has 0 aliphatic heterocycles. The Morgan fingerprint density at radius 1 is 0.296 bits per heavy atom. The molecule has 0 unspecified atom stereocenters. The number of rotatable bonds is 4. The second-order valence-corrected chi connectivity index (χ2v) is 21.9. The summed E-state index contributed by atoms with van der Waals surface area (Å²) in [6, 6.07) is 65.6. The van der Waals surface area contributed by atoms with Gasteiger partial charge in [-0.1, -0.05) is 121 Å². The van der Waals surface area contributed by atoms with Crippen LogP contribution < -0.4 is 58.5 Å². The average molecular weight is 1390 g/mol. The molecule has 4 aromatic heterocycles. The summed E-state index contributed by atoms with van der Waals surface area (Å²) in [7, 11) is -13.2. The van der Waals surface area contributed by atoms with Crippen molar-refractivity contribution in [2.45, 2.75) is 0 Å². The first-order valence-corrected chi connectivity index (χ1v) is 26.9. The zero-order valence-corrected chi connectivity index (χ0v) is 45.6. The summed E-state index contributed by atoms with van der Waals surface area (Å²) in [4.78, 5) is 17.4. The fourth-order valence-electron chi connectivity index (χ4n) is 6.51. The quantitative estimate of drug-likeness (QED) is 0.107. The third-order valence-electron chi connectivity index (χ3n) is 9.69. The van der Waals surface area contributed by atoms with Crippen molar-refractivity contribution in [3.05, 3.63) is 253 Å². The van der Waals surface area contributed by atoms with Crippen molar-refractivity contribution in [1.82, 2.24) is 19.9 Å². The van der Waals surface area contributed by atoms with Gasteiger partial charge in [-0.05, 0) is 72.8 Å². The number of benzene rings is 6. The fourth-order valence-corrected chi connectivity index (χ4v) is 10.1. The van der Waals surface area contributed by atoms with Crippen LogP contribution in [0.25, 0.3) is 43.6 Å². The monoisotopic (exact) mass is 1390 g/mol. The molecule has 0 saturated carbocycles. The van der Waals surface area contributed by atoms with Crippen LogP contribution in [0.3, 0.4) is 0 Å². The molecule has 12 nitrogen and oxygen atoms in total. The van der Waals surface area contributed by atoms with Gasteiger partial charge in [0, 0.05) is 89.9 Å². The van der Waals surface area contributed by atoms with Crippen LogP contribution in [0.5, 0.6) is 0 Å². The number of fused-ring (bicyclic) bond motifs is 6. The second-order valence-electron chi connectivity index (χ2n) is 14.5. The van der Waals surface area contributed by atoms with E-state index in [1.807, 2.05) is 97.1 Å². The molecular formula is C53H47Au2Cl2N4O8P2-2. The summed E-state index contributed by atoms with van der Waals surface area (Å²) in [5.41, 5.74) is 3.91. The first-order valence-electron chi connectivity index (χ1n) is 20.1. The van der Waals surface area contributed by atoms with E-state index >= 15 is 0 Å². The van der Waals surface area contributed by atoms with Crippen molar-refractivity contribution in [1.29, 1.82) is 0 Å². The van der Waals surface area contributed by atoms with E-state index in [-0.39, 0.29) is 52.2 Å². The zero-order chi connectivity index (χ0) is 49.2. The van der Waals surface area contributed by atoms with Crippen molar-refractivity contribution >= 4 is 79.4 Å². The predicted molar refractivity (Wildman–Crippen MR) is 260 cm³/mol. The molecule has 0 atom stereocenters. The third kappa shape index (κ3) is 20.5. The van der Waals surface area contributed by atoms with Crippen molar-refractivity contribution in [2.24, 2.45) is 0 Å². The molecule has 0 fully saturated rings. The SMILES string of the molecule is [Au+3].[Au].[CH2-][P+]([CH2-])(c1ccccc1)c1ccccc1.[CH2-][P+]([CH2-])(c1ccccc1)c1ccccc1.[CH3-].[O-][Cl+3]([O-])([O-])[O-].[O-][Cl+3]([O-])([O-])[O-].c1cnc2c(c1)ccc1cccnc12.c1cnc2c(c1)ccc1cccnc12. The molecule has 0 aliphatic carbocycles. The maximum Gasteiger partial charge on any atom is 3.00 e. The molecule has 10 aromatic rings. The summed E-state index contributed by atoms with van der Waals surface area (Å²) in [6.07, 6.45) is 7.21. The minimum Gasteiger partial charge on any atom is -0.358 e. The number of halogens is 2. The molecule has 1 radical (unpaired) electrons. The van der Waals surface area contributed by atoms with Gasteiger partial charge in [-0.25, -0.2) is 37.3 Å². The molecule has 0 amide bonds. The Balaban J connectivity index is 0.000000301. The Bertz CT molecular complexity index is 2680. The van der Waals surface area contributed by atoms with Gasteiger partial charge in [0.2, 0.25) is 0 Å². The third-order valence-corrected chi connectivity index (χ3v) is 14.8. The van der Waals surface area contributed by atoms with Crippen LogP contribution in [0.4, 0.5) is 0 Å². The van der Waals surface area contributed by atoms with Crippen LogP contribution in [0.15, 0.2) is 219 Å². The van der Waals surface area contributed by atoms with Crippen LogP contribution in [0.1, 0.15) is 0 Å². The first kappa shape index (κ1) is 62.7. The summed E-state index contributed by atoms with van der Waals surface area (Å²) in [5.74, 6) is 0. The van der Waals surface area contributed by atoms with E-state index in [2.05, 4.69) is 144 Å². The Morgan fingerprint density at radius 3 is 0.634 bits per heavy atom. The van der Waals surface area contributed by atoms with E-state index in [4.69, 9.17) is 37.3 Å². The molecule has 0 saturated heterocycles. The summed E-state index contributed by atoms with van der Waals surface area (Å²) in [5, 5.41) is 9.54. The summed E-state index contributed by atoms with van der Waals surface area (Å²) >= 11 is 0. The molecular weight excluding hydrogens is 1350 g/mol. The van der Waals surface area contributed by atoms with Gasteiger partial charge in [0.15, 0.2) is 0 Å². The van der Waals surface area contributed by atoms with E-state index in [1.165, 1.54) is 21.2 Å². The van der Waals surface area contributed by atoms with Crippen LogP contribution in [0.2, 0.25) is 0 Å². The molecule has 71 heavy (non-hydrogen) atoms. The minimum atomic E-state index is -4.94. The van der Waals surface area contributed by atoms with Gasteiger partial charge >= 0.3 is 22.4 Å². The van der Waals surface area contributed by atoms with Gasteiger partial charge in [-0.2, -0.15) is 41.2 Å². The Kier molecular flexibility index (Phi) is 26.4. The molecule has 4 heterocycles. The van der Waals surface area contributed by atoms with Crippen LogP contribution in [-0.4, -0.2) is 19.9 Å². The summed E-state index contributed by atoms with van der Waals surface area (Å²) in [6.45, 7) is 17.2. The van der Waals surface area contributed by atoms with Gasteiger partial charge < -0.3 is 7.43 Å². The van der Waals surface area contributed by atoms with Crippen LogP contribution >= 0.6 is 14.5 Å². The van der Waals surface area contributed by atoms with E-state index in [0.29, 0.717) is 0 Å². The van der Waals surface area contributed by atoms with E-state index in [9.17, 15) is 0 Å². The number of hydrogen-bond donors (Lipinski definition) is 0. The van der Waals surface area contributed by atoms with Crippen LogP contribution in [-0.2, 0) is 44.8 Å². The molecule has 0 aliphatic rings. The Labute approximate surface area is 451 Å². The number of aromatic nitrogens is 4. The van der Waals surface area contributed by atoms with E-state index < -0.39 is 35.0 Å². The van der Waals surface area contributed by atoms with Gasteiger partial charge in [-0.15, -0.1) is 20.5 Å². The van der Waals surface area contributed by atoms with Crippen LogP contribution in [0, 0.1) is 54.6 Å². The fraction of sp³-hybridized carbons (Fsp3) is 0. The molecule has 375 valence electrons. The van der Waals surface area contributed by atoms with Crippen molar-refractivity contribution < 1.29 is 103 Å². The van der Waals surface area contributed by atoms with Gasteiger partial charge in [-0.3, -0.25) is 19.9 Å². The number of pyridine rings is 4. The standard InChI is InChI=1S/2C14H14P.2C12H8N2.CH3.2Au.2ClHO4/c2*1-15(2,13-9-5-3-6-10-13)14-11-7-4-8-12-14;2*1-3-9-5-6-10-4-2-8-14-12(10)11(9)13-7-1;;;;2*2-1(3,4)5/h2*3-12H,1-2H2;2*1-8H;1H3;;;2*(H,2,3,4,5)/q2*-1;;;-1;;+3;;/p-2. The molecule has 0 bridgehead atoms. The molecule has 6 aromatic carbocycles. The summed E-state index contributed by atoms with van der Waals surface area (Å²) < 4.78 is 67.9. The smallest absolute Gasteiger partial charge is 0.358 e. The molecule has 18 heteroatoms. The van der Waals surface area contributed by atoms with E-state index in [1.54, 1.807) is 24.8 Å². The largest absolute Gasteiger partial charge is 3.00 e. The number of hydrogen-bond acceptors (Lipinski definition) is 12. The Hall–Kier alpha value is -4.44. The van der Waals surface area contributed by atoms with Gasteiger partial charge in [0.05, 0.1) is 22.1 Å².